The number of nitrogens with zero attached hydrogens (tertiary/aromatic N) is 1. The zero-order valence-electron chi connectivity index (χ0n) is 15.7. The van der Waals surface area contributed by atoms with E-state index >= 15 is 0 Å². The van der Waals surface area contributed by atoms with E-state index in [1.807, 2.05) is 30.3 Å². The number of hydrogen-bond acceptors (Lipinski definition) is 4. The second kappa shape index (κ2) is 11.5. The van der Waals surface area contributed by atoms with Crippen molar-refractivity contribution in [2.45, 2.75) is 58.1 Å². The number of nitrogens with one attached hydrogen (secondary N) is 2. The Balaban J connectivity index is 2.63. The molecule has 6 nitrogen and oxygen atoms in total. The molecule has 0 fully saturated rings. The molecule has 4 N–H and O–H groups in total. The highest BCUT2D eigenvalue weighted by Crippen LogP contribution is 2.31. The van der Waals surface area contributed by atoms with Crippen LogP contribution in [0.15, 0.2) is 30.3 Å². The van der Waals surface area contributed by atoms with Crippen molar-refractivity contribution in [1.82, 2.24) is 10.6 Å². The Bertz CT molecular complexity index is 567. The molecule has 0 aromatic heterocycles. The molecule has 0 aliphatic rings. The molecule has 144 valence electrons. The summed E-state index contributed by atoms with van der Waals surface area (Å²) in [5.74, 6) is 0. The van der Waals surface area contributed by atoms with Crippen molar-refractivity contribution in [3.05, 3.63) is 35.9 Å². The van der Waals surface area contributed by atoms with Gasteiger partial charge < -0.3 is 20.8 Å². The predicted octanol–water partition coefficient (Wildman–Crippen LogP) is 2.93. The Morgan fingerprint density at radius 3 is 2.46 bits per heavy atom. The van der Waals surface area contributed by atoms with Gasteiger partial charge in [0, 0.05) is 19.5 Å². The first kappa shape index (κ1) is 21.9. The summed E-state index contributed by atoms with van der Waals surface area (Å²) in [5.41, 5.74) is 1.00. The highest BCUT2D eigenvalue weighted by molar-refractivity contribution is 5.65. The third-order valence-corrected chi connectivity index (χ3v) is 5.19. The molecule has 1 amide bonds. The minimum absolute atomic E-state index is 0.0323. The first-order valence-electron chi connectivity index (χ1n) is 9.25. The first-order chi connectivity index (χ1) is 12.5. The maximum absolute atomic E-state index is 11.1. The summed E-state index contributed by atoms with van der Waals surface area (Å²) < 4.78 is 0. The maximum Gasteiger partial charge on any atom is 0.404 e. The van der Waals surface area contributed by atoms with Gasteiger partial charge in [-0.05, 0) is 36.7 Å². The van der Waals surface area contributed by atoms with Gasteiger partial charge >= 0.3 is 6.09 Å². The van der Waals surface area contributed by atoms with Gasteiger partial charge in [-0.3, -0.25) is 0 Å². The van der Waals surface area contributed by atoms with Crippen molar-refractivity contribution in [3.8, 4) is 6.07 Å². The monoisotopic (exact) mass is 361 g/mol. The van der Waals surface area contributed by atoms with Gasteiger partial charge in [0.15, 0.2) is 0 Å². The molecule has 0 bridgehead atoms. The summed E-state index contributed by atoms with van der Waals surface area (Å²) in [6.07, 6.45) is 1.69. The van der Waals surface area contributed by atoms with Gasteiger partial charge in [0.1, 0.15) is 0 Å². The quantitative estimate of drug-likeness (QED) is 0.458. The van der Waals surface area contributed by atoms with Crippen LogP contribution < -0.4 is 10.6 Å². The van der Waals surface area contributed by atoms with E-state index in [2.05, 4.69) is 30.6 Å². The lowest BCUT2D eigenvalue weighted by Crippen LogP contribution is -2.49. The van der Waals surface area contributed by atoms with Crippen molar-refractivity contribution in [2.75, 3.05) is 13.1 Å². The summed E-state index contributed by atoms with van der Waals surface area (Å²) >= 11 is 0. The second-order valence-corrected chi connectivity index (χ2v) is 6.81. The summed E-state index contributed by atoms with van der Waals surface area (Å²) in [5, 5.41) is 34.1. The zero-order valence-corrected chi connectivity index (χ0v) is 15.7. The average Bonchev–Trinajstić information content (AvgIpc) is 2.64. The number of hydrogen-bond donors (Lipinski definition) is 4. The van der Waals surface area contributed by atoms with Gasteiger partial charge in [0.25, 0.3) is 0 Å². The number of aliphatic hydroxyl groups is 1. The highest BCUT2D eigenvalue weighted by Gasteiger charge is 2.27. The number of carbonyl (C=O) groups is 1. The zero-order chi connectivity index (χ0) is 19.4. The molecule has 26 heavy (non-hydrogen) atoms. The maximum atomic E-state index is 11.1. The first-order valence-corrected chi connectivity index (χ1v) is 9.25. The number of carboxylic acid groups (broad SMARTS) is 1. The van der Waals surface area contributed by atoms with Gasteiger partial charge in [0.2, 0.25) is 0 Å². The number of rotatable bonds is 12. The SMILES string of the molecule is CCC(CC)(CCC#N)CNC[C@@H](O)[C@H](Cc1ccccc1)NC(=O)O. The lowest BCUT2D eigenvalue weighted by molar-refractivity contribution is 0.111. The van der Waals surface area contributed by atoms with E-state index in [4.69, 9.17) is 10.4 Å². The van der Waals surface area contributed by atoms with Crippen molar-refractivity contribution in [1.29, 1.82) is 5.26 Å². The molecular weight excluding hydrogens is 330 g/mol. The number of benzene rings is 1. The summed E-state index contributed by atoms with van der Waals surface area (Å²) in [6.45, 7) is 5.22. The van der Waals surface area contributed by atoms with E-state index in [9.17, 15) is 9.90 Å². The lowest BCUT2D eigenvalue weighted by Gasteiger charge is -2.32. The third-order valence-electron chi connectivity index (χ3n) is 5.19. The van der Waals surface area contributed by atoms with Crippen molar-refractivity contribution in [3.63, 3.8) is 0 Å². The van der Waals surface area contributed by atoms with Crippen LogP contribution in [0.1, 0.15) is 45.1 Å². The van der Waals surface area contributed by atoms with Crippen LogP contribution in [0.5, 0.6) is 0 Å². The van der Waals surface area contributed by atoms with Gasteiger partial charge in [-0.2, -0.15) is 5.26 Å². The van der Waals surface area contributed by atoms with Gasteiger partial charge in [0.05, 0.1) is 18.2 Å². The van der Waals surface area contributed by atoms with Gasteiger partial charge in [-0.1, -0.05) is 44.2 Å². The average molecular weight is 361 g/mol. The molecule has 1 rings (SSSR count). The summed E-state index contributed by atoms with van der Waals surface area (Å²) in [7, 11) is 0. The molecule has 1 aromatic rings. The van der Waals surface area contributed by atoms with Gasteiger partial charge in [-0.15, -0.1) is 0 Å². The Morgan fingerprint density at radius 1 is 1.27 bits per heavy atom. The fraction of sp³-hybridized carbons (Fsp3) is 0.600. The third kappa shape index (κ3) is 7.42. The van der Waals surface area contributed by atoms with E-state index in [-0.39, 0.29) is 5.41 Å². The minimum Gasteiger partial charge on any atom is -0.465 e. The van der Waals surface area contributed by atoms with Crippen LogP contribution in [0.4, 0.5) is 4.79 Å². The van der Waals surface area contributed by atoms with E-state index < -0.39 is 18.2 Å². The van der Waals surface area contributed by atoms with Crippen LogP contribution in [0, 0.1) is 16.7 Å². The number of nitriles is 1. The molecule has 0 heterocycles. The Hall–Kier alpha value is -2.10. The smallest absolute Gasteiger partial charge is 0.404 e. The van der Waals surface area contributed by atoms with Crippen LogP contribution in [-0.4, -0.2) is 41.5 Å². The molecule has 1 aromatic carbocycles. The predicted molar refractivity (Wildman–Crippen MR) is 102 cm³/mol. The Kier molecular flexibility index (Phi) is 9.71. The van der Waals surface area contributed by atoms with Crippen molar-refractivity contribution < 1.29 is 15.0 Å². The molecule has 6 heteroatoms. The van der Waals surface area contributed by atoms with Crippen molar-refractivity contribution in [2.24, 2.45) is 5.41 Å². The van der Waals surface area contributed by atoms with Gasteiger partial charge in [-0.25, -0.2) is 4.79 Å². The molecule has 0 aliphatic carbocycles. The molecule has 0 spiro atoms. The standard InChI is InChI=1S/C20H31N3O3/c1-3-20(4-2,11-8-12-21)15-22-14-18(24)17(23-19(25)26)13-16-9-6-5-7-10-16/h5-7,9-10,17-18,22-24H,3-4,8,11,13-15H2,1-2H3,(H,25,26)/t17-,18+/m0/s1. The highest BCUT2D eigenvalue weighted by atomic mass is 16.4. The fourth-order valence-corrected chi connectivity index (χ4v) is 3.20. The van der Waals surface area contributed by atoms with E-state index in [1.54, 1.807) is 0 Å². The Labute approximate surface area is 156 Å². The normalized spacial score (nSPS) is 13.6. The summed E-state index contributed by atoms with van der Waals surface area (Å²) in [4.78, 5) is 11.1. The van der Waals surface area contributed by atoms with Crippen molar-refractivity contribution >= 4 is 6.09 Å². The van der Waals surface area contributed by atoms with Crippen LogP contribution in [0.3, 0.4) is 0 Å². The minimum atomic E-state index is -1.14. The fourth-order valence-electron chi connectivity index (χ4n) is 3.20. The van der Waals surface area contributed by atoms with E-state index in [0.717, 1.165) is 24.8 Å². The molecule has 0 aliphatic heterocycles. The van der Waals surface area contributed by atoms with Crippen LogP contribution in [0.2, 0.25) is 0 Å². The number of aliphatic hydroxyl groups excluding tert-OH is 1. The van der Waals surface area contributed by atoms with Crippen LogP contribution in [-0.2, 0) is 6.42 Å². The molecular formula is C20H31N3O3. The molecule has 0 saturated heterocycles. The molecule has 0 unspecified atom stereocenters. The molecule has 0 radical (unpaired) electrons. The molecule has 2 atom stereocenters. The topological polar surface area (TPSA) is 105 Å². The van der Waals surface area contributed by atoms with E-state index in [0.29, 0.717) is 25.9 Å². The summed E-state index contributed by atoms with van der Waals surface area (Å²) in [6, 6.07) is 11.1. The van der Waals surface area contributed by atoms with Crippen LogP contribution in [0.25, 0.3) is 0 Å². The molecule has 0 saturated carbocycles. The second-order valence-electron chi connectivity index (χ2n) is 6.81. The van der Waals surface area contributed by atoms with E-state index in [1.165, 1.54) is 0 Å². The number of amides is 1. The van der Waals surface area contributed by atoms with Crippen LogP contribution >= 0.6 is 0 Å². The lowest BCUT2D eigenvalue weighted by atomic mass is 9.78. The largest absolute Gasteiger partial charge is 0.465 e. The Morgan fingerprint density at radius 2 is 1.92 bits per heavy atom.